The molecule has 0 rings (SSSR count). The molecule has 0 saturated heterocycles. The Kier molecular flexibility index (Phi) is 8.40. The van der Waals surface area contributed by atoms with Crippen molar-refractivity contribution < 1.29 is 19.8 Å². The smallest absolute Gasteiger partial charge is 0.307 e. The molecule has 17 heavy (non-hydrogen) atoms. The highest BCUT2D eigenvalue weighted by Crippen LogP contribution is 2.11. The van der Waals surface area contributed by atoms with Gasteiger partial charge < -0.3 is 15.5 Å². The first-order chi connectivity index (χ1) is 8.00. The van der Waals surface area contributed by atoms with Crippen LogP contribution in [0.4, 0.5) is 0 Å². The molecular formula is C12H23NO4. The number of amides is 1. The van der Waals surface area contributed by atoms with E-state index in [1.165, 1.54) is 6.92 Å². The van der Waals surface area contributed by atoms with Gasteiger partial charge in [0.05, 0.1) is 5.92 Å². The number of aliphatic hydroxyl groups is 1. The summed E-state index contributed by atoms with van der Waals surface area (Å²) in [6.07, 6.45) is 3.57. The van der Waals surface area contributed by atoms with Crippen molar-refractivity contribution in [1.82, 2.24) is 5.32 Å². The van der Waals surface area contributed by atoms with Gasteiger partial charge in [0.1, 0.15) is 0 Å². The van der Waals surface area contributed by atoms with Crippen molar-refractivity contribution in [2.75, 3.05) is 13.2 Å². The monoisotopic (exact) mass is 245 g/mol. The van der Waals surface area contributed by atoms with Crippen LogP contribution in [0.25, 0.3) is 0 Å². The molecule has 5 heteroatoms. The Labute approximate surface area is 102 Å². The van der Waals surface area contributed by atoms with Gasteiger partial charge in [0.25, 0.3) is 0 Å². The molecule has 0 aliphatic carbocycles. The summed E-state index contributed by atoms with van der Waals surface area (Å²) in [4.78, 5) is 22.3. The third-order valence-corrected chi connectivity index (χ3v) is 2.94. The van der Waals surface area contributed by atoms with Crippen LogP contribution in [-0.4, -0.2) is 35.2 Å². The second kappa shape index (κ2) is 8.98. The molecule has 2 unspecified atom stereocenters. The van der Waals surface area contributed by atoms with Crippen LogP contribution in [0.3, 0.4) is 0 Å². The Morgan fingerprint density at radius 3 is 2.18 bits per heavy atom. The summed E-state index contributed by atoms with van der Waals surface area (Å²) in [6.45, 7) is 3.94. The van der Waals surface area contributed by atoms with E-state index in [1.807, 2.05) is 0 Å². The zero-order chi connectivity index (χ0) is 13.3. The van der Waals surface area contributed by atoms with E-state index in [4.69, 9.17) is 10.2 Å². The zero-order valence-corrected chi connectivity index (χ0v) is 10.6. The molecule has 0 bridgehead atoms. The number of carboxylic acid groups (broad SMARTS) is 1. The maximum Gasteiger partial charge on any atom is 0.307 e. The van der Waals surface area contributed by atoms with Gasteiger partial charge in [0, 0.05) is 19.1 Å². The maximum atomic E-state index is 11.6. The van der Waals surface area contributed by atoms with Gasteiger partial charge in [-0.25, -0.2) is 0 Å². The highest BCUT2D eigenvalue weighted by atomic mass is 16.4. The zero-order valence-electron chi connectivity index (χ0n) is 10.6. The fourth-order valence-corrected chi connectivity index (χ4v) is 1.40. The summed E-state index contributed by atoms with van der Waals surface area (Å²) in [5, 5.41) is 20.1. The normalized spacial score (nSPS) is 14.1. The van der Waals surface area contributed by atoms with Crippen molar-refractivity contribution in [3.8, 4) is 0 Å². The number of carbonyl (C=O) groups excluding carboxylic acids is 1. The molecule has 0 spiro atoms. The Balaban J connectivity index is 3.68. The van der Waals surface area contributed by atoms with E-state index in [-0.39, 0.29) is 12.5 Å². The summed E-state index contributed by atoms with van der Waals surface area (Å²) < 4.78 is 0. The number of hydrogen-bond acceptors (Lipinski definition) is 3. The fraction of sp³-hybridized carbons (Fsp3) is 0.833. The van der Waals surface area contributed by atoms with Crippen LogP contribution in [-0.2, 0) is 9.59 Å². The van der Waals surface area contributed by atoms with Crippen molar-refractivity contribution in [3.63, 3.8) is 0 Å². The van der Waals surface area contributed by atoms with E-state index in [0.717, 1.165) is 25.7 Å². The summed E-state index contributed by atoms with van der Waals surface area (Å²) in [5.41, 5.74) is 0. The van der Waals surface area contributed by atoms with E-state index in [2.05, 4.69) is 5.32 Å². The second-order valence-electron chi connectivity index (χ2n) is 4.34. The van der Waals surface area contributed by atoms with E-state index in [9.17, 15) is 9.59 Å². The molecule has 0 fully saturated rings. The average molecular weight is 245 g/mol. The SMILES string of the molecule is CC(C(=O)O)C(C)C(=O)NCCCCCCO. The topological polar surface area (TPSA) is 86.6 Å². The molecule has 1 amide bonds. The first-order valence-electron chi connectivity index (χ1n) is 6.12. The highest BCUT2D eigenvalue weighted by Gasteiger charge is 2.25. The van der Waals surface area contributed by atoms with Crippen LogP contribution in [0.15, 0.2) is 0 Å². The van der Waals surface area contributed by atoms with E-state index in [0.29, 0.717) is 6.54 Å². The Morgan fingerprint density at radius 2 is 1.65 bits per heavy atom. The first-order valence-corrected chi connectivity index (χ1v) is 6.12. The number of carbonyl (C=O) groups is 2. The molecule has 100 valence electrons. The number of unbranched alkanes of at least 4 members (excludes halogenated alkanes) is 3. The molecule has 0 saturated carbocycles. The minimum Gasteiger partial charge on any atom is -0.481 e. The lowest BCUT2D eigenvalue weighted by Crippen LogP contribution is -2.35. The molecular weight excluding hydrogens is 222 g/mol. The van der Waals surface area contributed by atoms with Crippen LogP contribution in [0.1, 0.15) is 39.5 Å². The lowest BCUT2D eigenvalue weighted by Gasteiger charge is -2.15. The molecule has 0 heterocycles. The van der Waals surface area contributed by atoms with Gasteiger partial charge in [0.15, 0.2) is 0 Å². The molecule has 3 N–H and O–H groups in total. The Bertz CT molecular complexity index is 243. The summed E-state index contributed by atoms with van der Waals surface area (Å²) in [6, 6.07) is 0. The third-order valence-electron chi connectivity index (χ3n) is 2.94. The van der Waals surface area contributed by atoms with Gasteiger partial charge in [-0.1, -0.05) is 26.7 Å². The number of rotatable bonds is 9. The summed E-state index contributed by atoms with van der Waals surface area (Å²) in [7, 11) is 0. The van der Waals surface area contributed by atoms with E-state index in [1.54, 1.807) is 6.92 Å². The maximum absolute atomic E-state index is 11.6. The quantitative estimate of drug-likeness (QED) is 0.529. The average Bonchev–Trinajstić information content (AvgIpc) is 2.31. The largest absolute Gasteiger partial charge is 0.481 e. The van der Waals surface area contributed by atoms with Gasteiger partial charge in [-0.2, -0.15) is 0 Å². The van der Waals surface area contributed by atoms with Crippen molar-refractivity contribution in [3.05, 3.63) is 0 Å². The predicted molar refractivity (Wildman–Crippen MR) is 64.5 cm³/mol. The van der Waals surface area contributed by atoms with E-state index >= 15 is 0 Å². The Morgan fingerprint density at radius 1 is 1.06 bits per heavy atom. The summed E-state index contributed by atoms with van der Waals surface area (Å²) >= 11 is 0. The van der Waals surface area contributed by atoms with Crippen molar-refractivity contribution >= 4 is 11.9 Å². The van der Waals surface area contributed by atoms with Crippen molar-refractivity contribution in [1.29, 1.82) is 0 Å². The minimum atomic E-state index is -0.949. The molecule has 2 atom stereocenters. The molecule has 0 aliphatic rings. The molecule has 0 aromatic carbocycles. The second-order valence-corrected chi connectivity index (χ2v) is 4.34. The van der Waals surface area contributed by atoms with E-state index < -0.39 is 17.8 Å². The highest BCUT2D eigenvalue weighted by molar-refractivity contribution is 5.84. The lowest BCUT2D eigenvalue weighted by atomic mass is 9.95. The minimum absolute atomic E-state index is 0.206. The van der Waals surface area contributed by atoms with Gasteiger partial charge in [-0.15, -0.1) is 0 Å². The first kappa shape index (κ1) is 15.9. The predicted octanol–water partition coefficient (Wildman–Crippen LogP) is 1.01. The van der Waals surface area contributed by atoms with Gasteiger partial charge in [-0.3, -0.25) is 9.59 Å². The van der Waals surface area contributed by atoms with Crippen LogP contribution in [0, 0.1) is 11.8 Å². The molecule has 0 aliphatic heterocycles. The molecule has 5 nitrogen and oxygen atoms in total. The van der Waals surface area contributed by atoms with Crippen LogP contribution < -0.4 is 5.32 Å². The standard InChI is InChI=1S/C12H23NO4/c1-9(10(2)12(16)17)11(15)13-7-5-3-4-6-8-14/h9-10,14H,3-8H2,1-2H3,(H,13,15)(H,16,17). The van der Waals surface area contributed by atoms with Gasteiger partial charge >= 0.3 is 5.97 Å². The fourth-order valence-electron chi connectivity index (χ4n) is 1.40. The van der Waals surface area contributed by atoms with Crippen LogP contribution in [0.5, 0.6) is 0 Å². The van der Waals surface area contributed by atoms with Gasteiger partial charge in [0.2, 0.25) is 5.91 Å². The van der Waals surface area contributed by atoms with Gasteiger partial charge in [-0.05, 0) is 12.8 Å². The number of aliphatic hydroxyl groups excluding tert-OH is 1. The van der Waals surface area contributed by atoms with Crippen molar-refractivity contribution in [2.45, 2.75) is 39.5 Å². The number of nitrogens with one attached hydrogen (secondary N) is 1. The van der Waals surface area contributed by atoms with Crippen molar-refractivity contribution in [2.24, 2.45) is 11.8 Å². The third kappa shape index (κ3) is 6.94. The molecule has 0 aromatic heterocycles. The lowest BCUT2D eigenvalue weighted by molar-refractivity contribution is -0.146. The van der Waals surface area contributed by atoms with Crippen LogP contribution >= 0.6 is 0 Å². The van der Waals surface area contributed by atoms with Crippen LogP contribution in [0.2, 0.25) is 0 Å². The number of aliphatic carboxylic acids is 1. The summed E-state index contributed by atoms with van der Waals surface area (Å²) in [5.74, 6) is -2.33. The molecule has 0 radical (unpaired) electrons. The Hall–Kier alpha value is -1.10. The number of hydrogen-bond donors (Lipinski definition) is 3. The number of carboxylic acids is 1. The molecule has 0 aromatic rings.